The summed E-state index contributed by atoms with van der Waals surface area (Å²) in [6.07, 6.45) is 3.84. The van der Waals surface area contributed by atoms with Crippen LogP contribution in [0.5, 0.6) is 0 Å². The molecule has 1 fully saturated rings. The van der Waals surface area contributed by atoms with E-state index in [-0.39, 0.29) is 18.4 Å². The van der Waals surface area contributed by atoms with E-state index in [9.17, 15) is 14.4 Å². The number of benzene rings is 1. The van der Waals surface area contributed by atoms with Crippen LogP contribution in [0.4, 0.5) is 10.5 Å². The van der Waals surface area contributed by atoms with Gasteiger partial charge < -0.3 is 10.6 Å². The zero-order valence-electron chi connectivity index (χ0n) is 14.1. The van der Waals surface area contributed by atoms with E-state index >= 15 is 0 Å². The van der Waals surface area contributed by atoms with Crippen molar-refractivity contribution in [2.75, 3.05) is 11.9 Å². The van der Waals surface area contributed by atoms with Crippen molar-refractivity contribution in [3.05, 3.63) is 29.3 Å². The molecule has 1 aromatic rings. The molecule has 0 unspecified atom stereocenters. The van der Waals surface area contributed by atoms with Gasteiger partial charge in [0.1, 0.15) is 12.6 Å². The predicted molar refractivity (Wildman–Crippen MR) is 90.6 cm³/mol. The molecule has 3 rings (SSSR count). The second-order valence-electron chi connectivity index (χ2n) is 6.94. The normalized spacial score (nSPS) is 19.6. The number of urea groups is 1. The van der Waals surface area contributed by atoms with Crippen LogP contribution in [0, 0.1) is 5.92 Å². The van der Waals surface area contributed by atoms with E-state index in [4.69, 9.17) is 0 Å². The first-order chi connectivity index (χ1) is 11.4. The number of fused-ring (bicyclic) bond motifs is 1. The molecule has 2 N–H and O–H groups in total. The third kappa shape index (κ3) is 3.42. The molecule has 128 valence electrons. The van der Waals surface area contributed by atoms with Crippen LogP contribution in [-0.2, 0) is 22.4 Å². The fraction of sp³-hybridized carbons (Fsp3) is 0.500. The first kappa shape index (κ1) is 16.5. The minimum atomic E-state index is -0.523. The number of rotatable bonds is 5. The zero-order chi connectivity index (χ0) is 17.3. The van der Waals surface area contributed by atoms with Crippen molar-refractivity contribution in [3.8, 4) is 0 Å². The van der Waals surface area contributed by atoms with Crippen molar-refractivity contribution in [3.63, 3.8) is 0 Å². The van der Waals surface area contributed by atoms with Crippen LogP contribution in [0.3, 0.4) is 0 Å². The molecule has 2 aliphatic rings. The van der Waals surface area contributed by atoms with Crippen LogP contribution >= 0.6 is 0 Å². The van der Waals surface area contributed by atoms with Crippen molar-refractivity contribution in [2.24, 2.45) is 5.92 Å². The van der Waals surface area contributed by atoms with Crippen molar-refractivity contribution in [2.45, 2.75) is 45.6 Å². The molecule has 0 aromatic heterocycles. The molecule has 6 heteroatoms. The van der Waals surface area contributed by atoms with Gasteiger partial charge in [0.25, 0.3) is 5.91 Å². The molecule has 0 radical (unpaired) electrons. The minimum Gasteiger partial charge on any atom is -0.326 e. The van der Waals surface area contributed by atoms with Gasteiger partial charge in [-0.25, -0.2) is 4.79 Å². The van der Waals surface area contributed by atoms with E-state index in [1.165, 1.54) is 11.1 Å². The summed E-state index contributed by atoms with van der Waals surface area (Å²) in [7, 11) is 0. The van der Waals surface area contributed by atoms with Crippen molar-refractivity contribution < 1.29 is 14.4 Å². The largest absolute Gasteiger partial charge is 0.326 e. The summed E-state index contributed by atoms with van der Waals surface area (Å²) >= 11 is 0. The van der Waals surface area contributed by atoms with E-state index in [1.54, 1.807) is 0 Å². The average molecular weight is 329 g/mol. The lowest BCUT2D eigenvalue weighted by Crippen LogP contribution is -2.38. The standard InChI is InChI=1S/C18H23N3O3/c1-11(2)8-15-17(23)21(18(24)20-15)10-16(22)19-14-7-6-12-4-3-5-13(12)9-14/h6-7,9,11,15H,3-5,8,10H2,1-2H3,(H,19,22)(H,20,24)/t15-/m1/s1. The van der Waals surface area contributed by atoms with E-state index in [1.807, 2.05) is 32.0 Å². The molecule has 4 amide bonds. The summed E-state index contributed by atoms with van der Waals surface area (Å²) in [5.41, 5.74) is 3.31. The van der Waals surface area contributed by atoms with Gasteiger partial charge in [0.15, 0.2) is 0 Å². The van der Waals surface area contributed by atoms with Crippen LogP contribution in [-0.4, -0.2) is 35.3 Å². The fourth-order valence-corrected chi connectivity index (χ4v) is 3.35. The van der Waals surface area contributed by atoms with Gasteiger partial charge in [-0.15, -0.1) is 0 Å². The Hall–Kier alpha value is -2.37. The molecule has 1 heterocycles. The van der Waals surface area contributed by atoms with Gasteiger partial charge in [0.2, 0.25) is 5.91 Å². The minimum absolute atomic E-state index is 0.254. The molecular weight excluding hydrogens is 306 g/mol. The smallest absolute Gasteiger partial charge is 0.325 e. The van der Waals surface area contributed by atoms with Gasteiger partial charge in [0, 0.05) is 5.69 Å². The number of hydrogen-bond acceptors (Lipinski definition) is 3. The molecule has 1 saturated heterocycles. The summed E-state index contributed by atoms with van der Waals surface area (Å²) in [6.45, 7) is 3.72. The van der Waals surface area contributed by atoms with Crippen LogP contribution < -0.4 is 10.6 Å². The number of imide groups is 1. The number of amides is 4. The summed E-state index contributed by atoms with van der Waals surface area (Å²) in [6, 6.07) is 4.87. The lowest BCUT2D eigenvalue weighted by atomic mass is 10.0. The molecule has 24 heavy (non-hydrogen) atoms. The Morgan fingerprint density at radius 1 is 1.29 bits per heavy atom. The Morgan fingerprint density at radius 2 is 2.04 bits per heavy atom. The van der Waals surface area contributed by atoms with Crippen LogP contribution in [0.1, 0.15) is 37.8 Å². The van der Waals surface area contributed by atoms with Gasteiger partial charge in [0.05, 0.1) is 0 Å². The molecule has 1 aliphatic carbocycles. The van der Waals surface area contributed by atoms with Gasteiger partial charge in [-0.05, 0) is 54.9 Å². The second kappa shape index (κ2) is 6.63. The second-order valence-corrected chi connectivity index (χ2v) is 6.94. The maximum atomic E-state index is 12.3. The van der Waals surface area contributed by atoms with Crippen LogP contribution in [0.25, 0.3) is 0 Å². The number of carbonyl (C=O) groups excluding carboxylic acids is 3. The molecule has 1 atom stereocenters. The van der Waals surface area contributed by atoms with E-state index in [0.717, 1.165) is 24.2 Å². The molecule has 0 spiro atoms. The summed E-state index contributed by atoms with van der Waals surface area (Å²) in [5.74, 6) is -0.390. The van der Waals surface area contributed by atoms with Gasteiger partial charge in [-0.3, -0.25) is 14.5 Å². The quantitative estimate of drug-likeness (QED) is 0.812. The maximum Gasteiger partial charge on any atom is 0.325 e. The van der Waals surface area contributed by atoms with E-state index in [2.05, 4.69) is 10.6 Å². The Labute approximate surface area is 141 Å². The molecule has 1 aliphatic heterocycles. The molecular formula is C18H23N3O3. The van der Waals surface area contributed by atoms with Crippen LogP contribution in [0.15, 0.2) is 18.2 Å². The van der Waals surface area contributed by atoms with Gasteiger partial charge in [-0.1, -0.05) is 19.9 Å². The molecule has 0 bridgehead atoms. The zero-order valence-corrected chi connectivity index (χ0v) is 14.1. The highest BCUT2D eigenvalue weighted by Crippen LogP contribution is 2.25. The number of aryl methyl sites for hydroxylation is 2. The topological polar surface area (TPSA) is 78.5 Å². The van der Waals surface area contributed by atoms with Gasteiger partial charge in [-0.2, -0.15) is 0 Å². The third-order valence-electron chi connectivity index (χ3n) is 4.50. The monoisotopic (exact) mass is 329 g/mol. The lowest BCUT2D eigenvalue weighted by Gasteiger charge is -2.14. The Bertz CT molecular complexity index is 684. The van der Waals surface area contributed by atoms with Gasteiger partial charge >= 0.3 is 6.03 Å². The maximum absolute atomic E-state index is 12.3. The highest BCUT2D eigenvalue weighted by molar-refractivity contribution is 6.07. The average Bonchev–Trinajstić information content (AvgIpc) is 3.07. The number of anilines is 1. The first-order valence-electron chi connectivity index (χ1n) is 8.47. The molecule has 0 saturated carbocycles. The molecule has 6 nitrogen and oxygen atoms in total. The Balaban J connectivity index is 1.60. The van der Waals surface area contributed by atoms with E-state index in [0.29, 0.717) is 18.0 Å². The summed E-state index contributed by atoms with van der Waals surface area (Å²) < 4.78 is 0. The highest BCUT2D eigenvalue weighted by atomic mass is 16.2. The van der Waals surface area contributed by atoms with Crippen molar-refractivity contribution in [1.82, 2.24) is 10.2 Å². The summed E-state index contributed by atoms with van der Waals surface area (Å²) in [4.78, 5) is 37.4. The van der Waals surface area contributed by atoms with Crippen molar-refractivity contribution in [1.29, 1.82) is 0 Å². The van der Waals surface area contributed by atoms with Crippen molar-refractivity contribution >= 4 is 23.5 Å². The number of nitrogens with zero attached hydrogens (tertiary/aromatic N) is 1. The first-order valence-corrected chi connectivity index (χ1v) is 8.47. The molecule has 1 aromatic carbocycles. The lowest BCUT2D eigenvalue weighted by molar-refractivity contribution is -0.131. The van der Waals surface area contributed by atoms with E-state index < -0.39 is 12.1 Å². The third-order valence-corrected chi connectivity index (χ3v) is 4.50. The van der Waals surface area contributed by atoms with Crippen LogP contribution in [0.2, 0.25) is 0 Å². The summed E-state index contributed by atoms with van der Waals surface area (Å²) in [5, 5.41) is 5.43. The number of nitrogens with one attached hydrogen (secondary N) is 2. The number of carbonyl (C=O) groups is 3. The highest BCUT2D eigenvalue weighted by Gasteiger charge is 2.38. The SMILES string of the molecule is CC(C)C[C@H]1NC(=O)N(CC(=O)Nc2ccc3c(c2)CCC3)C1=O. The Kier molecular flexibility index (Phi) is 4.55. The fourth-order valence-electron chi connectivity index (χ4n) is 3.35. The Morgan fingerprint density at radius 3 is 2.79 bits per heavy atom. The number of hydrogen-bond donors (Lipinski definition) is 2. The predicted octanol–water partition coefficient (Wildman–Crippen LogP) is 2.08.